The van der Waals surface area contributed by atoms with Crippen LogP contribution >= 0.6 is 0 Å². The second kappa shape index (κ2) is 9.52. The van der Waals surface area contributed by atoms with Crippen LogP contribution in [0.4, 0.5) is 5.95 Å². The molecule has 0 amide bonds. The lowest BCUT2D eigenvalue weighted by Crippen LogP contribution is -2.35. The third-order valence-corrected chi connectivity index (χ3v) is 7.27. The van der Waals surface area contributed by atoms with Crippen molar-refractivity contribution in [3.63, 3.8) is 0 Å². The van der Waals surface area contributed by atoms with E-state index in [0.717, 1.165) is 44.2 Å². The predicted molar refractivity (Wildman–Crippen MR) is 114 cm³/mol. The second-order valence-electron chi connectivity index (χ2n) is 8.35. The summed E-state index contributed by atoms with van der Waals surface area (Å²) in [7, 11) is -3.23. The highest BCUT2D eigenvalue weighted by Gasteiger charge is 2.43. The molecule has 9 nitrogen and oxygen atoms in total. The number of ether oxygens (including phenoxy) is 2. The zero-order valence-corrected chi connectivity index (χ0v) is 18.9. The lowest BCUT2D eigenvalue weighted by atomic mass is 9.90. The number of pyridine rings is 1. The first-order valence-electron chi connectivity index (χ1n) is 10.9. The van der Waals surface area contributed by atoms with Crippen molar-refractivity contribution in [2.24, 2.45) is 17.8 Å². The molecule has 1 aliphatic heterocycles. The van der Waals surface area contributed by atoms with Crippen molar-refractivity contribution < 1.29 is 22.4 Å². The molecule has 0 aromatic carbocycles. The zero-order chi connectivity index (χ0) is 21.8. The van der Waals surface area contributed by atoms with Gasteiger partial charge in [-0.25, -0.2) is 13.4 Å². The van der Waals surface area contributed by atoms with Crippen LogP contribution in [-0.4, -0.2) is 56.1 Å². The molecule has 2 atom stereocenters. The van der Waals surface area contributed by atoms with Crippen molar-refractivity contribution in [2.45, 2.75) is 44.1 Å². The van der Waals surface area contributed by atoms with Gasteiger partial charge in [0.25, 0.3) is 11.8 Å². The molecule has 1 saturated heterocycles. The fraction of sp³-hybridized carbons (Fsp3) is 0.667. The highest BCUT2D eigenvalue weighted by Crippen LogP contribution is 2.49. The summed E-state index contributed by atoms with van der Waals surface area (Å²) in [5, 5.41) is 4.09. The van der Waals surface area contributed by atoms with Crippen LogP contribution in [0.25, 0.3) is 0 Å². The molecule has 2 aromatic rings. The van der Waals surface area contributed by atoms with E-state index in [1.54, 1.807) is 6.07 Å². The maximum atomic E-state index is 11.5. The van der Waals surface area contributed by atoms with E-state index in [2.05, 4.69) is 20.0 Å². The lowest BCUT2D eigenvalue weighted by Gasteiger charge is -2.31. The maximum absolute atomic E-state index is 11.5. The van der Waals surface area contributed by atoms with Crippen molar-refractivity contribution >= 4 is 15.8 Å². The molecular formula is C21H30N4O5S. The van der Waals surface area contributed by atoms with Crippen molar-refractivity contribution in [3.8, 4) is 5.88 Å². The molecule has 0 unspecified atom stereocenters. The van der Waals surface area contributed by atoms with Crippen LogP contribution in [0.1, 0.15) is 38.5 Å². The van der Waals surface area contributed by atoms with Crippen LogP contribution in [0.15, 0.2) is 27.7 Å². The van der Waals surface area contributed by atoms with Crippen LogP contribution in [0.5, 0.6) is 5.88 Å². The number of hydrogen-bond acceptors (Lipinski definition) is 9. The average molecular weight is 451 g/mol. The molecule has 2 aromatic heterocycles. The van der Waals surface area contributed by atoms with Crippen molar-refractivity contribution in [1.82, 2.24) is 15.1 Å². The molecule has 10 heteroatoms. The number of sulfone groups is 1. The molecule has 1 aliphatic carbocycles. The molecule has 0 spiro atoms. The third-order valence-electron chi connectivity index (χ3n) is 6.17. The second-order valence-corrected chi connectivity index (χ2v) is 10.4. The van der Waals surface area contributed by atoms with E-state index in [0.29, 0.717) is 43.5 Å². The first-order chi connectivity index (χ1) is 14.9. The summed E-state index contributed by atoms with van der Waals surface area (Å²) in [5.41, 5.74) is 0. The Morgan fingerprint density at radius 1 is 1.26 bits per heavy atom. The summed E-state index contributed by atoms with van der Waals surface area (Å²) in [6.45, 7) is 5.44. The maximum Gasteiger partial charge on any atom is 0.266 e. The summed E-state index contributed by atoms with van der Waals surface area (Å²) in [6, 6.07) is 3.16. The molecule has 170 valence electrons. The van der Waals surface area contributed by atoms with Gasteiger partial charge in [-0.15, -0.1) is 0 Å². The van der Waals surface area contributed by atoms with E-state index < -0.39 is 9.84 Å². The first kappa shape index (κ1) is 22.0. The Morgan fingerprint density at radius 2 is 2.06 bits per heavy atom. The van der Waals surface area contributed by atoms with Gasteiger partial charge in [0, 0.05) is 38.2 Å². The van der Waals surface area contributed by atoms with Gasteiger partial charge in [0.05, 0.1) is 11.5 Å². The molecule has 0 bridgehead atoms. The van der Waals surface area contributed by atoms with Gasteiger partial charge >= 0.3 is 0 Å². The summed E-state index contributed by atoms with van der Waals surface area (Å²) in [4.78, 5) is 10.9. The summed E-state index contributed by atoms with van der Waals surface area (Å²) in [6.07, 6.45) is 7.07. The molecule has 0 N–H and O–H groups in total. The standard InChI is InChI=1S/C21H30N4O5S/c1-3-28-14-20-23-21(24-30-20)25-9-6-15(7-10-25)18-12-16(18)8-11-29-19-5-4-17(13-22-19)31(2,26)27/h4-5,13,15-16,18H,3,6-12,14H2,1-2H3/t16-,18-/m1/s1. The van der Waals surface area contributed by atoms with Gasteiger partial charge in [-0.2, -0.15) is 4.98 Å². The molecule has 4 rings (SSSR count). The van der Waals surface area contributed by atoms with E-state index in [4.69, 9.17) is 14.0 Å². The van der Waals surface area contributed by atoms with Gasteiger partial charge in [0.2, 0.25) is 5.88 Å². The minimum absolute atomic E-state index is 0.208. The molecule has 2 fully saturated rings. The lowest BCUT2D eigenvalue weighted by molar-refractivity contribution is 0.109. The smallest absolute Gasteiger partial charge is 0.266 e. The van der Waals surface area contributed by atoms with Crippen molar-refractivity contribution in [2.75, 3.05) is 37.5 Å². The average Bonchev–Trinajstić information content (AvgIpc) is 3.38. The number of nitrogens with zero attached hydrogens (tertiary/aromatic N) is 4. The van der Waals surface area contributed by atoms with Crippen LogP contribution in [-0.2, 0) is 21.2 Å². The van der Waals surface area contributed by atoms with Gasteiger partial charge in [0.15, 0.2) is 9.84 Å². The topological polar surface area (TPSA) is 108 Å². The van der Waals surface area contributed by atoms with Gasteiger partial charge in [-0.05, 0) is 61.6 Å². The molecule has 2 aliphatic rings. The Balaban J connectivity index is 1.16. The van der Waals surface area contributed by atoms with E-state index >= 15 is 0 Å². The number of aromatic nitrogens is 3. The van der Waals surface area contributed by atoms with E-state index in [1.165, 1.54) is 24.9 Å². The quantitative estimate of drug-likeness (QED) is 0.540. The summed E-state index contributed by atoms with van der Waals surface area (Å²) in [5.74, 6) is 3.88. The molecular weight excluding hydrogens is 420 g/mol. The van der Waals surface area contributed by atoms with Crippen LogP contribution in [0.3, 0.4) is 0 Å². The van der Waals surface area contributed by atoms with Crippen LogP contribution in [0.2, 0.25) is 0 Å². The fourth-order valence-electron chi connectivity index (χ4n) is 4.32. The zero-order valence-electron chi connectivity index (χ0n) is 18.1. The molecule has 31 heavy (non-hydrogen) atoms. The van der Waals surface area contributed by atoms with E-state index in [9.17, 15) is 8.42 Å². The summed E-state index contributed by atoms with van der Waals surface area (Å²) >= 11 is 0. The number of anilines is 1. The molecule has 0 radical (unpaired) electrons. The Morgan fingerprint density at radius 3 is 2.74 bits per heavy atom. The van der Waals surface area contributed by atoms with Crippen LogP contribution in [0, 0.1) is 17.8 Å². The highest BCUT2D eigenvalue weighted by atomic mass is 32.2. The predicted octanol–water partition coefficient (Wildman–Crippen LogP) is 2.73. The van der Waals surface area contributed by atoms with E-state index in [-0.39, 0.29) is 4.90 Å². The van der Waals surface area contributed by atoms with Crippen molar-refractivity contribution in [1.29, 1.82) is 0 Å². The number of piperidine rings is 1. The monoisotopic (exact) mass is 450 g/mol. The van der Waals surface area contributed by atoms with Crippen molar-refractivity contribution in [3.05, 3.63) is 24.2 Å². The van der Waals surface area contributed by atoms with Crippen LogP contribution < -0.4 is 9.64 Å². The van der Waals surface area contributed by atoms with Gasteiger partial charge in [-0.3, -0.25) is 0 Å². The Kier molecular flexibility index (Phi) is 6.76. The Labute approximate surface area is 183 Å². The number of rotatable bonds is 10. The van der Waals surface area contributed by atoms with Gasteiger partial charge in [0.1, 0.15) is 6.61 Å². The fourth-order valence-corrected chi connectivity index (χ4v) is 4.88. The summed E-state index contributed by atoms with van der Waals surface area (Å²) < 4.78 is 39.2. The minimum atomic E-state index is -3.23. The van der Waals surface area contributed by atoms with Gasteiger partial charge < -0.3 is 18.9 Å². The normalized spacial score (nSPS) is 21.9. The minimum Gasteiger partial charge on any atom is -0.478 e. The Hall–Kier alpha value is -2.20. The SMILES string of the molecule is CCOCc1nc(N2CCC([C@H]3C[C@H]3CCOc3ccc(S(C)(=O)=O)cn3)CC2)no1. The highest BCUT2D eigenvalue weighted by molar-refractivity contribution is 7.90. The Bertz CT molecular complexity index is 954. The third kappa shape index (κ3) is 5.74. The van der Waals surface area contributed by atoms with E-state index in [1.807, 2.05) is 6.92 Å². The van der Waals surface area contributed by atoms with Gasteiger partial charge in [-0.1, -0.05) is 0 Å². The number of hydrogen-bond donors (Lipinski definition) is 0. The molecule has 3 heterocycles. The first-order valence-corrected chi connectivity index (χ1v) is 12.8. The molecule has 1 saturated carbocycles. The largest absolute Gasteiger partial charge is 0.478 e.